The molecule has 0 saturated heterocycles. The summed E-state index contributed by atoms with van der Waals surface area (Å²) in [5.41, 5.74) is 15.5. The van der Waals surface area contributed by atoms with Gasteiger partial charge in [0.2, 0.25) is 0 Å². The number of aryl methyl sites for hydroxylation is 2. The molecule has 31 heavy (non-hydrogen) atoms. The van der Waals surface area contributed by atoms with Crippen molar-refractivity contribution in [1.82, 2.24) is 0 Å². The van der Waals surface area contributed by atoms with E-state index in [9.17, 15) is 0 Å². The van der Waals surface area contributed by atoms with E-state index in [4.69, 9.17) is 42.6 Å². The lowest BCUT2D eigenvalue weighted by molar-refractivity contribution is 0.0509. The van der Waals surface area contributed by atoms with Crippen molar-refractivity contribution in [3.05, 3.63) is 58.7 Å². The van der Waals surface area contributed by atoms with Crippen molar-refractivity contribution in [1.29, 1.82) is 0 Å². The average Bonchev–Trinajstić information content (AvgIpc) is 2.76. The molecule has 0 spiro atoms. The number of ether oxygens (including phenoxy) is 4. The third-order valence-electron chi connectivity index (χ3n) is 3.68. The van der Waals surface area contributed by atoms with E-state index < -0.39 is 0 Å². The van der Waals surface area contributed by atoms with E-state index in [0.29, 0.717) is 4.99 Å². The van der Waals surface area contributed by atoms with Gasteiger partial charge in [-0.1, -0.05) is 40.9 Å². The number of rotatable bonds is 9. The zero-order valence-electron chi connectivity index (χ0n) is 18.9. The van der Waals surface area contributed by atoms with E-state index in [1.165, 1.54) is 0 Å². The summed E-state index contributed by atoms with van der Waals surface area (Å²) >= 11 is 8.64. The summed E-state index contributed by atoms with van der Waals surface area (Å²) in [6.07, 6.45) is 1.99. The molecule has 2 rings (SSSR count). The summed E-state index contributed by atoms with van der Waals surface area (Å²) in [7, 11) is 3.18. The van der Waals surface area contributed by atoms with E-state index in [1.54, 1.807) is 32.0 Å². The van der Waals surface area contributed by atoms with Crippen LogP contribution in [0.2, 0.25) is 0 Å². The molecule has 0 heterocycles. The van der Waals surface area contributed by atoms with Crippen LogP contribution in [-0.4, -0.2) is 44.0 Å². The van der Waals surface area contributed by atoms with E-state index in [0.717, 1.165) is 33.8 Å². The van der Waals surface area contributed by atoms with Crippen LogP contribution in [0.4, 0.5) is 0 Å². The van der Waals surface area contributed by atoms with Crippen LogP contribution in [0.25, 0.3) is 0 Å². The molecular weight excluding hydrogens is 547 g/mol. The van der Waals surface area contributed by atoms with E-state index in [1.807, 2.05) is 49.3 Å². The lowest BCUT2D eigenvalue weighted by Crippen LogP contribution is -2.10. The minimum Gasteiger partial charge on any atom is -0.468 e. The fourth-order valence-electron chi connectivity index (χ4n) is 2.39. The molecule has 0 aromatic heterocycles. The van der Waals surface area contributed by atoms with Crippen molar-refractivity contribution < 1.29 is 18.9 Å². The fraction of sp³-hybridized carbons (Fsp3) is 0.409. The third-order valence-corrected chi connectivity index (χ3v) is 4.69. The highest BCUT2D eigenvalue weighted by Crippen LogP contribution is 2.26. The Kier molecular flexibility index (Phi) is 16.8. The molecule has 174 valence electrons. The molecule has 1 atom stereocenters. The number of methoxy groups -OCH3 is 2. The Bertz CT molecular complexity index is 794. The maximum atomic E-state index is 5.94. The van der Waals surface area contributed by atoms with Gasteiger partial charge in [-0.15, -0.1) is 11.8 Å². The Labute approximate surface area is 209 Å². The van der Waals surface area contributed by atoms with E-state index in [2.05, 4.69) is 28.7 Å². The van der Waals surface area contributed by atoms with Crippen LogP contribution in [0.15, 0.2) is 36.4 Å². The predicted octanol–water partition coefficient (Wildman–Crippen LogP) is 4.96. The highest BCUT2D eigenvalue weighted by atomic mass is 127. The first kappa shape index (κ1) is 29.9. The molecule has 4 N–H and O–H groups in total. The Morgan fingerprint density at radius 1 is 0.935 bits per heavy atom. The van der Waals surface area contributed by atoms with Crippen molar-refractivity contribution in [3.8, 4) is 11.5 Å². The first-order valence-electron chi connectivity index (χ1n) is 9.23. The summed E-state index contributed by atoms with van der Waals surface area (Å²) in [5, 5.41) is -0.00482. The molecule has 2 aromatic rings. The molecule has 0 radical (unpaired) electrons. The Balaban J connectivity index is 0.000000539. The van der Waals surface area contributed by atoms with Crippen LogP contribution in [0, 0.1) is 13.8 Å². The Morgan fingerprint density at radius 2 is 1.42 bits per heavy atom. The first-order chi connectivity index (χ1) is 14.8. The number of hydrogen-bond acceptors (Lipinski definition) is 7. The Hall–Kier alpha value is -1.11. The number of thioether (sulfide) groups is 1. The highest BCUT2D eigenvalue weighted by Gasteiger charge is 2.06. The van der Waals surface area contributed by atoms with Gasteiger partial charge in [-0.25, -0.2) is 0 Å². The van der Waals surface area contributed by atoms with Crippen molar-refractivity contribution in [2.24, 2.45) is 11.5 Å². The van der Waals surface area contributed by atoms with Crippen LogP contribution in [-0.2, 0) is 9.47 Å². The van der Waals surface area contributed by atoms with Crippen LogP contribution in [0.1, 0.15) is 27.6 Å². The summed E-state index contributed by atoms with van der Waals surface area (Å²) < 4.78 is 20.3. The van der Waals surface area contributed by atoms with Gasteiger partial charge in [-0.3, -0.25) is 0 Å². The molecule has 0 aliphatic rings. The molecule has 2 aromatic carbocycles. The van der Waals surface area contributed by atoms with Crippen molar-refractivity contribution in [2.75, 3.05) is 39.0 Å². The van der Waals surface area contributed by atoms with Crippen LogP contribution >= 0.6 is 46.6 Å². The van der Waals surface area contributed by atoms with Crippen LogP contribution < -0.4 is 20.9 Å². The number of hydrogen-bond donors (Lipinski definition) is 2. The van der Waals surface area contributed by atoms with Crippen LogP contribution in [0.5, 0.6) is 11.5 Å². The number of benzene rings is 2. The molecule has 6 nitrogen and oxygen atoms in total. The molecule has 0 saturated carbocycles. The van der Waals surface area contributed by atoms with E-state index in [-0.39, 0.29) is 19.0 Å². The van der Waals surface area contributed by atoms with Gasteiger partial charge in [0.25, 0.3) is 0 Å². The molecule has 0 fully saturated rings. The summed E-state index contributed by atoms with van der Waals surface area (Å²) in [5.74, 6) is 1.52. The lowest BCUT2D eigenvalue weighted by Gasteiger charge is -2.12. The average molecular weight is 581 g/mol. The second-order valence-electron chi connectivity index (χ2n) is 6.24. The number of alkyl halides is 1. The minimum atomic E-state index is -0.00482. The maximum absolute atomic E-state index is 5.94. The normalized spacial score (nSPS) is 10.7. The quantitative estimate of drug-likeness (QED) is 0.186. The predicted molar refractivity (Wildman–Crippen MR) is 144 cm³/mol. The van der Waals surface area contributed by atoms with Crippen molar-refractivity contribution >= 4 is 51.6 Å². The zero-order chi connectivity index (χ0) is 23.8. The largest absolute Gasteiger partial charge is 0.468 e. The molecule has 0 amide bonds. The molecule has 0 aliphatic heterocycles. The smallest absolute Gasteiger partial charge is 0.188 e. The molecule has 0 aliphatic carbocycles. The van der Waals surface area contributed by atoms with Crippen molar-refractivity contribution in [3.63, 3.8) is 0 Å². The van der Waals surface area contributed by atoms with Gasteiger partial charge in [0.1, 0.15) is 16.5 Å². The molecule has 0 bridgehead atoms. The van der Waals surface area contributed by atoms with Crippen LogP contribution in [0.3, 0.4) is 0 Å². The number of halogens is 1. The third kappa shape index (κ3) is 12.5. The monoisotopic (exact) mass is 580 g/mol. The number of thiocarbonyl (C=S) groups is 1. The number of nitrogens with two attached hydrogens (primary N) is 2. The van der Waals surface area contributed by atoms with Gasteiger partial charge in [-0.05, 0) is 72.1 Å². The summed E-state index contributed by atoms with van der Waals surface area (Å²) in [6, 6.07) is 11.6. The molecular formula is C22H33IN2O4S2. The lowest BCUT2D eigenvalue weighted by atomic mass is 10.1. The van der Waals surface area contributed by atoms with Gasteiger partial charge >= 0.3 is 0 Å². The standard InChI is InChI=1S/C11H17NO2S.C10H13NO2S.CH3I/c1-8-4-9(11(12)15-3)6-10(5-8)14-7-13-2;1-7-3-8(10(11)14)5-9(4-7)13-6-12-2;1-2/h4-6,11H,7,12H2,1-3H3;3-5H,6H2,1-2H3,(H2,11,14);1H3. The van der Waals surface area contributed by atoms with Crippen molar-refractivity contribution in [2.45, 2.75) is 19.2 Å². The van der Waals surface area contributed by atoms with Gasteiger partial charge < -0.3 is 30.4 Å². The molecule has 9 heteroatoms. The van der Waals surface area contributed by atoms with Gasteiger partial charge in [0.05, 0.1) is 5.37 Å². The topological polar surface area (TPSA) is 89.0 Å². The van der Waals surface area contributed by atoms with Gasteiger partial charge in [-0.2, -0.15) is 0 Å². The highest BCUT2D eigenvalue weighted by molar-refractivity contribution is 14.1. The SMILES string of the molecule is CI.COCOc1cc(C)cc(C(N)=S)c1.COCOc1cc(C)cc(C(N)SC)c1. The fourth-order valence-corrected chi connectivity index (χ4v) is 2.91. The second kappa shape index (κ2) is 17.4. The summed E-state index contributed by atoms with van der Waals surface area (Å²) in [6.45, 7) is 4.47. The minimum absolute atomic E-state index is 0.00482. The van der Waals surface area contributed by atoms with Gasteiger partial charge in [0.15, 0.2) is 13.6 Å². The second-order valence-corrected chi connectivity index (χ2v) is 7.66. The summed E-state index contributed by atoms with van der Waals surface area (Å²) in [4.78, 5) is 2.34. The Morgan fingerprint density at radius 3 is 1.87 bits per heavy atom. The van der Waals surface area contributed by atoms with Gasteiger partial charge in [0, 0.05) is 19.8 Å². The van der Waals surface area contributed by atoms with E-state index >= 15 is 0 Å². The first-order valence-corrected chi connectivity index (χ1v) is 13.1. The maximum Gasteiger partial charge on any atom is 0.188 e. The molecule has 1 unspecified atom stereocenters. The zero-order valence-corrected chi connectivity index (χ0v) is 22.7.